The van der Waals surface area contributed by atoms with E-state index in [2.05, 4.69) is 39.4 Å². The molecule has 2 fully saturated rings. The van der Waals surface area contributed by atoms with Crippen LogP contribution in [0.4, 0.5) is 0 Å². The number of ether oxygens (including phenoxy) is 1. The van der Waals surface area contributed by atoms with Gasteiger partial charge in [-0.05, 0) is 19.0 Å². The van der Waals surface area contributed by atoms with Crippen LogP contribution in [0.3, 0.4) is 0 Å². The summed E-state index contributed by atoms with van der Waals surface area (Å²) in [4.78, 5) is 5.19. The van der Waals surface area contributed by atoms with Crippen LogP contribution in [0, 0.1) is 0 Å². The summed E-state index contributed by atoms with van der Waals surface area (Å²) in [5.74, 6) is 0.942. The van der Waals surface area contributed by atoms with Gasteiger partial charge in [-0.25, -0.2) is 0 Å². The predicted molar refractivity (Wildman–Crippen MR) is 106 cm³/mol. The van der Waals surface area contributed by atoms with E-state index in [0.29, 0.717) is 0 Å². The standard InChI is InChI=1S/C18H27N3O.2ClH/c1-22-18-7-3-2-5-16(18)6-4-10-20-11-13-21(14-12-20)17-8-9-19-15-17;;/h2-7,17,19H,8-15H2,1H3;2*1H. The zero-order valence-corrected chi connectivity index (χ0v) is 16.0. The number of para-hydroxylation sites is 1. The molecule has 1 N–H and O–H groups in total. The van der Waals surface area contributed by atoms with Gasteiger partial charge >= 0.3 is 0 Å². The van der Waals surface area contributed by atoms with E-state index < -0.39 is 0 Å². The van der Waals surface area contributed by atoms with Crippen molar-refractivity contribution in [2.75, 3.05) is 52.9 Å². The molecule has 0 aliphatic carbocycles. The number of piperazine rings is 1. The molecule has 0 spiro atoms. The lowest BCUT2D eigenvalue weighted by atomic mass is 10.1. The Bertz CT molecular complexity index is 499. The first-order valence-corrected chi connectivity index (χ1v) is 8.33. The van der Waals surface area contributed by atoms with Crippen LogP contribution in [0.25, 0.3) is 6.08 Å². The van der Waals surface area contributed by atoms with Crippen molar-refractivity contribution in [3.8, 4) is 5.75 Å². The Morgan fingerprint density at radius 2 is 1.92 bits per heavy atom. The molecule has 0 bridgehead atoms. The van der Waals surface area contributed by atoms with E-state index in [1.165, 1.54) is 45.7 Å². The summed E-state index contributed by atoms with van der Waals surface area (Å²) in [6.07, 6.45) is 5.74. The first-order valence-electron chi connectivity index (χ1n) is 8.33. The van der Waals surface area contributed by atoms with E-state index in [1.807, 2.05) is 12.1 Å². The average molecular weight is 374 g/mol. The van der Waals surface area contributed by atoms with Gasteiger partial charge in [0.15, 0.2) is 0 Å². The summed E-state index contributed by atoms with van der Waals surface area (Å²) in [6.45, 7) is 8.14. The second kappa shape index (κ2) is 11.0. The molecule has 2 saturated heterocycles. The van der Waals surface area contributed by atoms with Crippen molar-refractivity contribution in [2.24, 2.45) is 0 Å². The van der Waals surface area contributed by atoms with Gasteiger partial charge < -0.3 is 10.1 Å². The van der Waals surface area contributed by atoms with Gasteiger partial charge in [-0.2, -0.15) is 0 Å². The van der Waals surface area contributed by atoms with Gasteiger partial charge in [-0.15, -0.1) is 24.8 Å². The molecule has 1 aromatic rings. The van der Waals surface area contributed by atoms with E-state index in [1.54, 1.807) is 7.11 Å². The highest BCUT2D eigenvalue weighted by atomic mass is 35.5. The highest BCUT2D eigenvalue weighted by molar-refractivity contribution is 5.85. The number of hydrogen-bond donors (Lipinski definition) is 1. The minimum absolute atomic E-state index is 0. The first kappa shape index (κ1) is 21.3. The van der Waals surface area contributed by atoms with Gasteiger partial charge in [0.25, 0.3) is 0 Å². The van der Waals surface area contributed by atoms with Crippen LogP contribution in [0.5, 0.6) is 5.75 Å². The van der Waals surface area contributed by atoms with Crippen molar-refractivity contribution < 1.29 is 4.74 Å². The largest absolute Gasteiger partial charge is 0.496 e. The molecule has 0 saturated carbocycles. The van der Waals surface area contributed by atoms with Crippen LogP contribution < -0.4 is 10.1 Å². The molecule has 2 aliphatic heterocycles. The predicted octanol–water partition coefficient (Wildman–Crippen LogP) is 2.53. The lowest BCUT2D eigenvalue weighted by Crippen LogP contribution is -2.50. The van der Waals surface area contributed by atoms with Crippen molar-refractivity contribution in [3.05, 3.63) is 35.9 Å². The topological polar surface area (TPSA) is 27.7 Å². The zero-order chi connectivity index (χ0) is 15.2. The van der Waals surface area contributed by atoms with Gasteiger partial charge in [0.2, 0.25) is 0 Å². The molecule has 0 radical (unpaired) electrons. The van der Waals surface area contributed by atoms with E-state index in [0.717, 1.165) is 23.9 Å². The summed E-state index contributed by atoms with van der Waals surface area (Å²) in [7, 11) is 1.73. The number of benzene rings is 1. The van der Waals surface area contributed by atoms with Crippen molar-refractivity contribution in [2.45, 2.75) is 12.5 Å². The van der Waals surface area contributed by atoms with Crippen molar-refractivity contribution >= 4 is 30.9 Å². The monoisotopic (exact) mass is 373 g/mol. The Morgan fingerprint density at radius 3 is 2.58 bits per heavy atom. The molecule has 1 aromatic carbocycles. The van der Waals surface area contributed by atoms with Crippen molar-refractivity contribution in [1.29, 1.82) is 0 Å². The first-order chi connectivity index (χ1) is 10.9. The molecule has 2 aliphatic rings. The molecule has 1 unspecified atom stereocenters. The summed E-state index contributed by atoms with van der Waals surface area (Å²) in [5, 5.41) is 3.47. The Kier molecular flexibility index (Phi) is 9.71. The fourth-order valence-electron chi connectivity index (χ4n) is 3.40. The van der Waals surface area contributed by atoms with E-state index in [9.17, 15) is 0 Å². The Balaban J connectivity index is 0.00000144. The third-order valence-corrected chi connectivity index (χ3v) is 4.76. The Morgan fingerprint density at radius 1 is 1.17 bits per heavy atom. The fourth-order valence-corrected chi connectivity index (χ4v) is 3.40. The van der Waals surface area contributed by atoms with Crippen LogP contribution in [-0.2, 0) is 0 Å². The van der Waals surface area contributed by atoms with Crippen LogP contribution in [0.15, 0.2) is 30.3 Å². The molecule has 4 nitrogen and oxygen atoms in total. The minimum Gasteiger partial charge on any atom is -0.496 e. The van der Waals surface area contributed by atoms with Gasteiger partial charge in [-0.1, -0.05) is 30.4 Å². The molecule has 24 heavy (non-hydrogen) atoms. The van der Waals surface area contributed by atoms with Gasteiger partial charge in [0.1, 0.15) is 5.75 Å². The second-order valence-electron chi connectivity index (χ2n) is 6.13. The van der Waals surface area contributed by atoms with Crippen LogP contribution in [0.2, 0.25) is 0 Å². The Labute approximate surface area is 158 Å². The summed E-state index contributed by atoms with van der Waals surface area (Å²) in [6, 6.07) is 8.93. The smallest absolute Gasteiger partial charge is 0.126 e. The Hall–Kier alpha value is -0.780. The maximum Gasteiger partial charge on any atom is 0.126 e. The third-order valence-electron chi connectivity index (χ3n) is 4.76. The second-order valence-corrected chi connectivity index (χ2v) is 6.13. The van der Waals surface area contributed by atoms with E-state index in [-0.39, 0.29) is 24.8 Å². The number of rotatable bonds is 5. The lowest BCUT2D eigenvalue weighted by molar-refractivity contribution is 0.110. The number of nitrogens with one attached hydrogen (secondary N) is 1. The molecule has 0 amide bonds. The third kappa shape index (κ3) is 5.64. The maximum atomic E-state index is 5.38. The zero-order valence-electron chi connectivity index (χ0n) is 14.3. The van der Waals surface area contributed by atoms with Crippen LogP contribution in [-0.4, -0.2) is 68.8 Å². The molecule has 2 heterocycles. The van der Waals surface area contributed by atoms with Gasteiger partial charge in [0, 0.05) is 50.9 Å². The molecule has 1 atom stereocenters. The SMILES string of the molecule is COc1ccccc1C=CCN1CCN(C2CCNC2)CC1.Cl.Cl. The number of hydrogen-bond acceptors (Lipinski definition) is 4. The number of methoxy groups -OCH3 is 1. The number of halogens is 2. The molecular weight excluding hydrogens is 345 g/mol. The molecular formula is C18H29Cl2N3O. The molecule has 6 heteroatoms. The van der Waals surface area contributed by atoms with Crippen molar-refractivity contribution in [3.63, 3.8) is 0 Å². The molecule has 3 rings (SSSR count). The fraction of sp³-hybridized carbons (Fsp3) is 0.556. The maximum absolute atomic E-state index is 5.38. The van der Waals surface area contributed by atoms with Crippen molar-refractivity contribution in [1.82, 2.24) is 15.1 Å². The number of nitrogens with zero attached hydrogens (tertiary/aromatic N) is 2. The van der Waals surface area contributed by atoms with E-state index in [4.69, 9.17) is 4.74 Å². The molecule has 136 valence electrons. The van der Waals surface area contributed by atoms with Gasteiger partial charge in [-0.3, -0.25) is 9.80 Å². The van der Waals surface area contributed by atoms with Crippen LogP contribution in [0.1, 0.15) is 12.0 Å². The van der Waals surface area contributed by atoms with Crippen LogP contribution >= 0.6 is 24.8 Å². The highest BCUT2D eigenvalue weighted by Gasteiger charge is 2.25. The van der Waals surface area contributed by atoms with E-state index >= 15 is 0 Å². The summed E-state index contributed by atoms with van der Waals surface area (Å²) in [5.41, 5.74) is 1.15. The summed E-state index contributed by atoms with van der Waals surface area (Å²) >= 11 is 0. The highest BCUT2D eigenvalue weighted by Crippen LogP contribution is 2.18. The minimum atomic E-state index is 0. The van der Waals surface area contributed by atoms with Gasteiger partial charge in [0.05, 0.1) is 7.11 Å². The average Bonchev–Trinajstić information content (AvgIpc) is 3.10. The lowest BCUT2D eigenvalue weighted by Gasteiger charge is -2.37. The summed E-state index contributed by atoms with van der Waals surface area (Å²) < 4.78 is 5.38. The molecule has 0 aromatic heterocycles. The normalized spacial score (nSPS) is 22.1. The quantitative estimate of drug-likeness (QED) is 0.857.